The van der Waals surface area contributed by atoms with E-state index in [0.717, 1.165) is 5.52 Å². The number of furan rings is 1. The van der Waals surface area contributed by atoms with E-state index >= 15 is 0 Å². The summed E-state index contributed by atoms with van der Waals surface area (Å²) in [6, 6.07) is 1.75. The fourth-order valence-electron chi connectivity index (χ4n) is 0.753. The molecule has 0 bridgehead atoms. The molecule has 0 unspecified atom stereocenters. The van der Waals surface area contributed by atoms with E-state index in [4.69, 9.17) is 4.42 Å². The van der Waals surface area contributed by atoms with Crippen molar-refractivity contribution < 1.29 is 4.42 Å². The molecule has 2 rings (SSSR count). The highest BCUT2D eigenvalue weighted by atomic mass is 16.3. The number of fused-ring (bicyclic) bond motifs is 1. The summed E-state index contributed by atoms with van der Waals surface area (Å²) in [6.45, 7) is 3.50. The Bertz CT molecular complexity index is 331. The van der Waals surface area contributed by atoms with Gasteiger partial charge in [0.15, 0.2) is 5.52 Å². The monoisotopic (exact) mass is 135 g/mol. The van der Waals surface area contributed by atoms with E-state index in [1.807, 2.05) is 0 Å². The lowest BCUT2D eigenvalue weighted by Crippen LogP contribution is -1.88. The molecule has 0 atom stereocenters. The Balaban J connectivity index is 2.78. The van der Waals surface area contributed by atoms with Crippen LogP contribution in [0, 0.1) is 0 Å². The second kappa shape index (κ2) is 1.70. The van der Waals surface area contributed by atoms with Gasteiger partial charge < -0.3 is 4.42 Å². The molecule has 0 saturated heterocycles. The molecular formula is C6H5N3O. The fourth-order valence-corrected chi connectivity index (χ4v) is 0.753. The number of hydrogen-bond donors (Lipinski definition) is 0. The van der Waals surface area contributed by atoms with Gasteiger partial charge in [-0.3, -0.25) is 0 Å². The van der Waals surface area contributed by atoms with E-state index < -0.39 is 0 Å². The summed E-state index contributed by atoms with van der Waals surface area (Å²) in [4.78, 5) is 1.37. The number of rotatable bonds is 1. The summed E-state index contributed by atoms with van der Waals surface area (Å²) in [7, 11) is 0. The number of nitrogens with zero attached hydrogens (tertiary/aromatic N) is 3. The van der Waals surface area contributed by atoms with E-state index in [1.165, 1.54) is 11.0 Å². The van der Waals surface area contributed by atoms with E-state index in [0.29, 0.717) is 5.71 Å². The molecule has 4 nitrogen and oxygen atoms in total. The van der Waals surface area contributed by atoms with E-state index in [-0.39, 0.29) is 0 Å². The van der Waals surface area contributed by atoms with Crippen LogP contribution >= 0.6 is 0 Å². The largest absolute Gasteiger partial charge is 0.444 e. The zero-order chi connectivity index (χ0) is 6.97. The summed E-state index contributed by atoms with van der Waals surface area (Å²) < 4.78 is 4.96. The Morgan fingerprint density at radius 3 is 3.20 bits per heavy atom. The van der Waals surface area contributed by atoms with Gasteiger partial charge in [0.25, 0.3) is 5.71 Å². The van der Waals surface area contributed by atoms with Gasteiger partial charge in [0, 0.05) is 12.3 Å². The summed E-state index contributed by atoms with van der Waals surface area (Å²) in [5, 5.41) is 7.90. The fraction of sp³-hybridized carbons (Fsp3) is 0. The third kappa shape index (κ3) is 0.556. The van der Waals surface area contributed by atoms with Crippen LogP contribution in [0.4, 0.5) is 0 Å². The number of aromatic nitrogens is 3. The van der Waals surface area contributed by atoms with Gasteiger partial charge in [-0.15, -0.1) is 10.2 Å². The topological polar surface area (TPSA) is 43.9 Å². The highest BCUT2D eigenvalue weighted by Crippen LogP contribution is 2.07. The van der Waals surface area contributed by atoms with Crippen molar-refractivity contribution in [1.82, 2.24) is 15.0 Å². The first-order chi connectivity index (χ1) is 4.90. The smallest absolute Gasteiger partial charge is 0.266 e. The molecule has 0 aromatic carbocycles. The molecule has 0 fully saturated rings. The molecule has 0 N–H and O–H groups in total. The zero-order valence-corrected chi connectivity index (χ0v) is 5.19. The Morgan fingerprint density at radius 2 is 2.50 bits per heavy atom. The van der Waals surface area contributed by atoms with Crippen LogP contribution in [0.1, 0.15) is 0 Å². The predicted octanol–water partition coefficient (Wildman–Crippen LogP) is 1.12. The molecule has 0 radical (unpaired) electrons. The van der Waals surface area contributed by atoms with Crippen molar-refractivity contribution in [2.45, 2.75) is 0 Å². The van der Waals surface area contributed by atoms with Crippen LogP contribution in [0.15, 0.2) is 23.3 Å². The third-order valence-electron chi connectivity index (χ3n) is 1.19. The average molecular weight is 135 g/mol. The van der Waals surface area contributed by atoms with Crippen LogP contribution in [-0.4, -0.2) is 15.0 Å². The van der Waals surface area contributed by atoms with Crippen molar-refractivity contribution in [1.29, 1.82) is 0 Å². The van der Waals surface area contributed by atoms with Gasteiger partial charge in [-0.05, 0) is 0 Å². The molecule has 4 heteroatoms. The van der Waals surface area contributed by atoms with Crippen molar-refractivity contribution in [3.63, 3.8) is 0 Å². The normalized spacial score (nSPS) is 10.4. The van der Waals surface area contributed by atoms with Crippen molar-refractivity contribution in [2.75, 3.05) is 0 Å². The Kier molecular flexibility index (Phi) is 0.887. The maximum absolute atomic E-state index is 4.96. The van der Waals surface area contributed by atoms with Gasteiger partial charge in [-0.25, -0.2) is 0 Å². The van der Waals surface area contributed by atoms with Crippen molar-refractivity contribution in [2.24, 2.45) is 0 Å². The second-order valence-corrected chi connectivity index (χ2v) is 1.81. The molecule has 50 valence electrons. The minimum atomic E-state index is 0.542. The van der Waals surface area contributed by atoms with Gasteiger partial charge in [0.2, 0.25) is 0 Å². The molecular weight excluding hydrogens is 130 g/mol. The standard InChI is InChI=1S/C6H5N3O/c1-2-9-7-5-3-4-10-6(5)8-9/h2-4H,1H2. The molecule has 2 aromatic heterocycles. The van der Waals surface area contributed by atoms with Gasteiger partial charge in [-0.2, -0.15) is 4.80 Å². The minimum absolute atomic E-state index is 0.542. The van der Waals surface area contributed by atoms with Crippen molar-refractivity contribution in [3.05, 3.63) is 18.9 Å². The molecule has 0 aliphatic carbocycles. The van der Waals surface area contributed by atoms with E-state index in [2.05, 4.69) is 16.8 Å². The summed E-state index contributed by atoms with van der Waals surface area (Å²) >= 11 is 0. The lowest BCUT2D eigenvalue weighted by atomic mass is 10.6. The maximum Gasteiger partial charge on any atom is 0.266 e. The van der Waals surface area contributed by atoms with Crippen molar-refractivity contribution >= 4 is 17.4 Å². The molecule has 0 spiro atoms. The first-order valence-corrected chi connectivity index (χ1v) is 2.83. The van der Waals surface area contributed by atoms with Gasteiger partial charge in [0.05, 0.1) is 6.26 Å². The SMILES string of the molecule is C=Cn1nc2ccoc2n1. The van der Waals surface area contributed by atoms with Crippen LogP contribution < -0.4 is 0 Å². The minimum Gasteiger partial charge on any atom is -0.444 e. The van der Waals surface area contributed by atoms with Crippen LogP contribution in [-0.2, 0) is 0 Å². The number of hydrogen-bond acceptors (Lipinski definition) is 3. The molecule has 2 heterocycles. The Morgan fingerprint density at radius 1 is 1.60 bits per heavy atom. The quantitative estimate of drug-likeness (QED) is 0.588. The van der Waals surface area contributed by atoms with Crippen LogP contribution in [0.3, 0.4) is 0 Å². The van der Waals surface area contributed by atoms with Gasteiger partial charge in [0.1, 0.15) is 0 Å². The molecule has 0 aliphatic rings. The first kappa shape index (κ1) is 5.22. The highest BCUT2D eigenvalue weighted by molar-refractivity contribution is 5.66. The zero-order valence-electron chi connectivity index (χ0n) is 5.19. The lowest BCUT2D eigenvalue weighted by molar-refractivity contribution is 0.592. The van der Waals surface area contributed by atoms with Crippen LogP contribution in [0.5, 0.6) is 0 Å². The van der Waals surface area contributed by atoms with E-state index in [9.17, 15) is 0 Å². The predicted molar refractivity (Wildman–Crippen MR) is 36.2 cm³/mol. The molecule has 0 aliphatic heterocycles. The summed E-state index contributed by atoms with van der Waals surface area (Å²) in [5.41, 5.74) is 1.29. The van der Waals surface area contributed by atoms with Crippen LogP contribution in [0.2, 0.25) is 0 Å². The Hall–Kier alpha value is -1.58. The average Bonchev–Trinajstić information content (AvgIpc) is 2.42. The molecule has 10 heavy (non-hydrogen) atoms. The third-order valence-corrected chi connectivity index (χ3v) is 1.19. The van der Waals surface area contributed by atoms with Gasteiger partial charge in [-0.1, -0.05) is 6.58 Å². The lowest BCUT2D eigenvalue weighted by Gasteiger charge is -1.80. The second-order valence-electron chi connectivity index (χ2n) is 1.81. The molecule has 2 aromatic rings. The molecule has 0 amide bonds. The van der Waals surface area contributed by atoms with Crippen LogP contribution in [0.25, 0.3) is 17.4 Å². The highest BCUT2D eigenvalue weighted by Gasteiger charge is 2.00. The molecule has 0 saturated carbocycles. The van der Waals surface area contributed by atoms with E-state index in [1.54, 1.807) is 12.3 Å². The van der Waals surface area contributed by atoms with Gasteiger partial charge >= 0.3 is 0 Å². The summed E-state index contributed by atoms with van der Waals surface area (Å²) in [6.07, 6.45) is 3.06. The Labute approximate surface area is 56.7 Å². The summed E-state index contributed by atoms with van der Waals surface area (Å²) in [5.74, 6) is 0. The van der Waals surface area contributed by atoms with Crippen molar-refractivity contribution in [3.8, 4) is 0 Å². The first-order valence-electron chi connectivity index (χ1n) is 2.83. The maximum atomic E-state index is 4.96.